The lowest BCUT2D eigenvalue weighted by atomic mass is 10.1. The molecule has 0 fully saturated rings. The fourth-order valence-corrected chi connectivity index (χ4v) is 1.28. The molecule has 0 spiro atoms. The third-order valence-corrected chi connectivity index (χ3v) is 2.08. The van der Waals surface area contributed by atoms with Crippen LogP contribution in [0.1, 0.15) is 31.3 Å². The van der Waals surface area contributed by atoms with Crippen LogP contribution < -0.4 is 0 Å². The van der Waals surface area contributed by atoms with E-state index in [9.17, 15) is 9.59 Å². The SMILES string of the molecule is CC(C)(C)N(CC(=O)O)C(=O)c1ccco1. The van der Waals surface area contributed by atoms with Gasteiger partial charge in [-0.15, -0.1) is 0 Å². The standard InChI is InChI=1S/C11H15NO4/c1-11(2,3)12(7-9(13)14)10(15)8-5-4-6-16-8/h4-6H,7H2,1-3H3,(H,13,14). The molecule has 0 aliphatic heterocycles. The van der Waals surface area contributed by atoms with Crippen molar-refractivity contribution in [3.05, 3.63) is 24.2 Å². The van der Waals surface area contributed by atoms with Crippen molar-refractivity contribution in [3.8, 4) is 0 Å². The lowest BCUT2D eigenvalue weighted by Gasteiger charge is -2.33. The highest BCUT2D eigenvalue weighted by molar-refractivity contribution is 5.93. The van der Waals surface area contributed by atoms with Gasteiger partial charge in [-0.1, -0.05) is 0 Å². The lowest BCUT2D eigenvalue weighted by molar-refractivity contribution is -0.138. The van der Waals surface area contributed by atoms with Crippen LogP contribution in [0.5, 0.6) is 0 Å². The molecule has 0 saturated heterocycles. The van der Waals surface area contributed by atoms with Crippen molar-refractivity contribution < 1.29 is 19.1 Å². The predicted octanol–water partition coefficient (Wildman–Crippen LogP) is 1.60. The Balaban J connectivity index is 2.94. The second-order valence-corrected chi connectivity index (χ2v) is 4.43. The Labute approximate surface area is 93.7 Å². The molecular weight excluding hydrogens is 210 g/mol. The third kappa shape index (κ3) is 2.85. The first kappa shape index (κ1) is 12.3. The molecule has 1 heterocycles. The van der Waals surface area contributed by atoms with Crippen molar-refractivity contribution in [2.75, 3.05) is 6.54 Å². The first-order chi connectivity index (χ1) is 7.32. The van der Waals surface area contributed by atoms with E-state index in [2.05, 4.69) is 0 Å². The molecule has 1 amide bonds. The van der Waals surface area contributed by atoms with Crippen molar-refractivity contribution in [3.63, 3.8) is 0 Å². The van der Waals surface area contributed by atoms with E-state index >= 15 is 0 Å². The zero-order chi connectivity index (χ0) is 12.3. The van der Waals surface area contributed by atoms with Crippen molar-refractivity contribution in [1.82, 2.24) is 4.90 Å². The molecule has 0 radical (unpaired) electrons. The summed E-state index contributed by atoms with van der Waals surface area (Å²) in [6.07, 6.45) is 1.38. The maximum Gasteiger partial charge on any atom is 0.323 e. The Morgan fingerprint density at radius 1 is 1.44 bits per heavy atom. The first-order valence-electron chi connectivity index (χ1n) is 4.89. The number of aliphatic carboxylic acids is 1. The number of rotatable bonds is 3. The Hall–Kier alpha value is -1.78. The summed E-state index contributed by atoms with van der Waals surface area (Å²) >= 11 is 0. The molecule has 0 bridgehead atoms. The van der Waals surface area contributed by atoms with Gasteiger partial charge in [0.15, 0.2) is 5.76 Å². The average Bonchev–Trinajstić information content (AvgIpc) is 2.63. The Bertz CT molecular complexity index is 375. The van der Waals surface area contributed by atoms with Gasteiger partial charge in [0.1, 0.15) is 6.54 Å². The average molecular weight is 225 g/mol. The number of amides is 1. The fourth-order valence-electron chi connectivity index (χ4n) is 1.28. The van der Waals surface area contributed by atoms with E-state index in [1.807, 2.05) is 0 Å². The van der Waals surface area contributed by atoms with Gasteiger partial charge in [0.25, 0.3) is 5.91 Å². The minimum absolute atomic E-state index is 0.149. The monoisotopic (exact) mass is 225 g/mol. The molecule has 5 heteroatoms. The predicted molar refractivity (Wildman–Crippen MR) is 57.1 cm³/mol. The number of carboxylic acid groups (broad SMARTS) is 1. The van der Waals surface area contributed by atoms with Gasteiger partial charge in [0.2, 0.25) is 0 Å². The molecule has 0 aliphatic carbocycles. The number of carboxylic acids is 1. The molecule has 5 nitrogen and oxygen atoms in total. The van der Waals surface area contributed by atoms with Crippen LogP contribution in [0.15, 0.2) is 22.8 Å². The van der Waals surface area contributed by atoms with Crippen molar-refractivity contribution >= 4 is 11.9 Å². The summed E-state index contributed by atoms with van der Waals surface area (Å²) in [5.41, 5.74) is -0.567. The molecule has 0 aromatic carbocycles. The Morgan fingerprint density at radius 2 is 2.06 bits per heavy atom. The molecule has 0 saturated carbocycles. The topological polar surface area (TPSA) is 70.8 Å². The van der Waals surface area contributed by atoms with E-state index < -0.39 is 17.4 Å². The largest absolute Gasteiger partial charge is 0.480 e. The quantitative estimate of drug-likeness (QED) is 0.848. The van der Waals surface area contributed by atoms with Crippen LogP contribution >= 0.6 is 0 Å². The van der Waals surface area contributed by atoms with Gasteiger partial charge in [-0.25, -0.2) is 0 Å². The van der Waals surface area contributed by atoms with Crippen molar-refractivity contribution in [2.45, 2.75) is 26.3 Å². The number of nitrogens with zero attached hydrogens (tertiary/aromatic N) is 1. The van der Waals surface area contributed by atoms with E-state index in [4.69, 9.17) is 9.52 Å². The normalized spacial score (nSPS) is 11.2. The molecule has 0 aliphatic rings. The van der Waals surface area contributed by atoms with E-state index in [1.165, 1.54) is 17.2 Å². The maximum atomic E-state index is 12.0. The van der Waals surface area contributed by atoms with Crippen LogP contribution in [0.2, 0.25) is 0 Å². The van der Waals surface area contributed by atoms with Gasteiger partial charge < -0.3 is 14.4 Å². The summed E-state index contributed by atoms with van der Waals surface area (Å²) in [6.45, 7) is 4.98. The minimum Gasteiger partial charge on any atom is -0.480 e. The molecular formula is C11H15NO4. The maximum absolute atomic E-state index is 12.0. The van der Waals surface area contributed by atoms with Crippen LogP contribution in [-0.4, -0.2) is 34.0 Å². The van der Waals surface area contributed by atoms with E-state index in [1.54, 1.807) is 26.8 Å². The highest BCUT2D eigenvalue weighted by atomic mass is 16.4. The van der Waals surface area contributed by atoms with Gasteiger partial charge >= 0.3 is 5.97 Å². The number of carbonyl (C=O) groups excluding carboxylic acids is 1. The molecule has 0 unspecified atom stereocenters. The molecule has 16 heavy (non-hydrogen) atoms. The molecule has 1 aromatic heterocycles. The number of hydrogen-bond acceptors (Lipinski definition) is 3. The zero-order valence-corrected chi connectivity index (χ0v) is 9.56. The van der Waals surface area contributed by atoms with E-state index in [0.717, 1.165) is 0 Å². The van der Waals surface area contributed by atoms with Crippen molar-refractivity contribution in [1.29, 1.82) is 0 Å². The Kier molecular flexibility index (Phi) is 3.37. The molecule has 1 aromatic rings. The lowest BCUT2D eigenvalue weighted by Crippen LogP contribution is -2.48. The van der Waals surface area contributed by atoms with Crippen LogP contribution in [-0.2, 0) is 4.79 Å². The summed E-state index contributed by atoms with van der Waals surface area (Å²) in [4.78, 5) is 23.9. The second-order valence-electron chi connectivity index (χ2n) is 4.43. The summed E-state index contributed by atoms with van der Waals surface area (Å²) in [5, 5.41) is 8.77. The summed E-state index contributed by atoms with van der Waals surface area (Å²) < 4.78 is 4.97. The summed E-state index contributed by atoms with van der Waals surface area (Å²) in [5.74, 6) is -1.31. The minimum atomic E-state index is -1.05. The molecule has 1 N–H and O–H groups in total. The van der Waals surface area contributed by atoms with Gasteiger partial charge in [-0.2, -0.15) is 0 Å². The van der Waals surface area contributed by atoms with Gasteiger partial charge in [-0.05, 0) is 32.9 Å². The summed E-state index contributed by atoms with van der Waals surface area (Å²) in [7, 11) is 0. The first-order valence-corrected chi connectivity index (χ1v) is 4.89. The van der Waals surface area contributed by atoms with Gasteiger partial charge in [-0.3, -0.25) is 9.59 Å². The van der Waals surface area contributed by atoms with Gasteiger partial charge in [0.05, 0.1) is 6.26 Å². The highest BCUT2D eigenvalue weighted by Gasteiger charge is 2.30. The molecule has 0 atom stereocenters. The third-order valence-electron chi connectivity index (χ3n) is 2.08. The van der Waals surface area contributed by atoms with Crippen LogP contribution in [0, 0.1) is 0 Å². The van der Waals surface area contributed by atoms with Gasteiger partial charge in [0, 0.05) is 5.54 Å². The summed E-state index contributed by atoms with van der Waals surface area (Å²) in [6, 6.07) is 3.11. The second kappa shape index (κ2) is 4.38. The fraction of sp³-hybridized carbons (Fsp3) is 0.455. The number of carbonyl (C=O) groups is 2. The van der Waals surface area contributed by atoms with E-state index in [-0.39, 0.29) is 12.3 Å². The van der Waals surface area contributed by atoms with Crippen LogP contribution in [0.25, 0.3) is 0 Å². The number of furan rings is 1. The van der Waals surface area contributed by atoms with Crippen LogP contribution in [0.3, 0.4) is 0 Å². The Morgan fingerprint density at radius 3 is 2.44 bits per heavy atom. The smallest absolute Gasteiger partial charge is 0.323 e. The zero-order valence-electron chi connectivity index (χ0n) is 9.56. The number of hydrogen-bond donors (Lipinski definition) is 1. The van der Waals surface area contributed by atoms with E-state index in [0.29, 0.717) is 0 Å². The molecule has 88 valence electrons. The highest BCUT2D eigenvalue weighted by Crippen LogP contribution is 2.17. The molecule has 1 rings (SSSR count). The van der Waals surface area contributed by atoms with Crippen LogP contribution in [0.4, 0.5) is 0 Å². The van der Waals surface area contributed by atoms with Crippen molar-refractivity contribution in [2.24, 2.45) is 0 Å².